The van der Waals surface area contributed by atoms with E-state index in [4.69, 9.17) is 11.6 Å². The third-order valence-electron chi connectivity index (χ3n) is 1.86. The molecule has 0 radical (unpaired) electrons. The summed E-state index contributed by atoms with van der Waals surface area (Å²) in [5, 5.41) is 0. The zero-order valence-corrected chi connectivity index (χ0v) is 7.78. The van der Waals surface area contributed by atoms with E-state index in [0.29, 0.717) is 5.88 Å². The average molecular weight is 172 g/mol. The summed E-state index contributed by atoms with van der Waals surface area (Å²) >= 11 is 5.70. The molecule has 0 amide bonds. The van der Waals surface area contributed by atoms with E-state index in [1.54, 1.807) is 0 Å². The Bertz CT molecular complexity index is 233. The molecule has 0 unspecified atom stereocenters. The Balaban J connectivity index is 0.000001000. The Hall–Kier alpha value is -0.530. The lowest BCUT2D eigenvalue weighted by Gasteiger charge is -2.03. The highest BCUT2D eigenvalue weighted by atomic mass is 35.5. The average Bonchev–Trinajstić information content (AvgIpc) is 1.95. The van der Waals surface area contributed by atoms with Crippen LogP contribution in [0.2, 0.25) is 0 Å². The molecular weight excluding hydrogens is 158 g/mol. The summed E-state index contributed by atoms with van der Waals surface area (Å²) in [6.45, 7) is 4.21. The second-order valence-corrected chi connectivity index (χ2v) is 2.76. The maximum atomic E-state index is 5.70. The molecule has 1 nitrogen and oxygen atoms in total. The van der Waals surface area contributed by atoms with Crippen molar-refractivity contribution >= 4 is 11.6 Å². The van der Waals surface area contributed by atoms with E-state index in [0.717, 1.165) is 0 Å². The van der Waals surface area contributed by atoms with Crippen molar-refractivity contribution in [3.8, 4) is 0 Å². The van der Waals surface area contributed by atoms with Crippen molar-refractivity contribution < 1.29 is 0 Å². The lowest BCUT2D eigenvalue weighted by atomic mass is 10.1. The van der Waals surface area contributed by atoms with Crippen LogP contribution in [0.4, 0.5) is 0 Å². The van der Waals surface area contributed by atoms with Crippen LogP contribution in [0.25, 0.3) is 0 Å². The molecule has 62 valence electrons. The van der Waals surface area contributed by atoms with E-state index in [-0.39, 0.29) is 6.15 Å². The first-order valence-electron chi connectivity index (χ1n) is 3.36. The molecule has 0 heterocycles. The minimum atomic E-state index is 0. The van der Waals surface area contributed by atoms with Crippen molar-refractivity contribution in [2.75, 3.05) is 0 Å². The number of aryl methyl sites for hydroxylation is 1. The van der Waals surface area contributed by atoms with Gasteiger partial charge in [0.25, 0.3) is 0 Å². The molecule has 0 aliphatic carbocycles. The molecule has 0 aromatic heterocycles. The minimum absolute atomic E-state index is 0. The van der Waals surface area contributed by atoms with Crippen LogP contribution >= 0.6 is 11.6 Å². The number of hydrogen-bond acceptors (Lipinski definition) is 1. The molecule has 0 saturated carbocycles. The Kier molecular flexibility index (Phi) is 4.16. The van der Waals surface area contributed by atoms with Crippen molar-refractivity contribution in [2.45, 2.75) is 19.7 Å². The van der Waals surface area contributed by atoms with Gasteiger partial charge in [-0.3, -0.25) is 0 Å². The van der Waals surface area contributed by atoms with Crippen LogP contribution in [0.3, 0.4) is 0 Å². The van der Waals surface area contributed by atoms with Gasteiger partial charge in [0.2, 0.25) is 0 Å². The number of hydrogen-bond donors (Lipinski definition) is 1. The summed E-state index contributed by atoms with van der Waals surface area (Å²) in [5.41, 5.74) is 3.87. The summed E-state index contributed by atoms with van der Waals surface area (Å²) in [7, 11) is 0. The Morgan fingerprint density at radius 3 is 2.36 bits per heavy atom. The lowest BCUT2D eigenvalue weighted by Crippen LogP contribution is -1.86. The molecule has 0 spiro atoms. The second-order valence-electron chi connectivity index (χ2n) is 2.49. The van der Waals surface area contributed by atoms with Crippen molar-refractivity contribution in [2.24, 2.45) is 0 Å². The highest BCUT2D eigenvalue weighted by molar-refractivity contribution is 6.17. The molecule has 11 heavy (non-hydrogen) atoms. The molecule has 2 heteroatoms. The molecule has 1 rings (SSSR count). The SMILES string of the molecule is Cc1cccc(CCl)c1C.N. The largest absolute Gasteiger partial charge is 0.344 e. The van der Waals surface area contributed by atoms with Gasteiger partial charge in [-0.25, -0.2) is 0 Å². The van der Waals surface area contributed by atoms with Gasteiger partial charge in [-0.15, -0.1) is 11.6 Å². The van der Waals surface area contributed by atoms with Crippen LogP contribution < -0.4 is 6.15 Å². The van der Waals surface area contributed by atoms with E-state index in [2.05, 4.69) is 26.0 Å². The zero-order valence-electron chi connectivity index (χ0n) is 7.02. The van der Waals surface area contributed by atoms with Crippen molar-refractivity contribution in [3.05, 3.63) is 34.9 Å². The lowest BCUT2D eigenvalue weighted by molar-refractivity contribution is 1.24. The van der Waals surface area contributed by atoms with E-state index >= 15 is 0 Å². The van der Waals surface area contributed by atoms with E-state index in [1.807, 2.05) is 6.07 Å². The highest BCUT2D eigenvalue weighted by Gasteiger charge is 1.96. The molecular formula is C9H14ClN. The highest BCUT2D eigenvalue weighted by Crippen LogP contribution is 2.13. The standard InChI is InChI=1S/C9H11Cl.H3N/c1-7-4-3-5-9(6-10)8(7)2;/h3-5H,6H2,1-2H3;1H3. The number of halogens is 1. The van der Waals surface area contributed by atoms with Gasteiger partial charge >= 0.3 is 0 Å². The minimum Gasteiger partial charge on any atom is -0.344 e. The fourth-order valence-corrected chi connectivity index (χ4v) is 1.25. The third-order valence-corrected chi connectivity index (χ3v) is 2.15. The quantitative estimate of drug-likeness (QED) is 0.648. The normalized spacial score (nSPS) is 9.00. The van der Waals surface area contributed by atoms with Crippen LogP contribution in [0.1, 0.15) is 16.7 Å². The fraction of sp³-hybridized carbons (Fsp3) is 0.333. The molecule has 0 aliphatic heterocycles. The summed E-state index contributed by atoms with van der Waals surface area (Å²) < 4.78 is 0. The first kappa shape index (κ1) is 10.5. The van der Waals surface area contributed by atoms with Gasteiger partial charge in [0, 0.05) is 5.88 Å². The molecule has 0 saturated heterocycles. The summed E-state index contributed by atoms with van der Waals surface area (Å²) in [4.78, 5) is 0. The van der Waals surface area contributed by atoms with Gasteiger partial charge in [0.15, 0.2) is 0 Å². The summed E-state index contributed by atoms with van der Waals surface area (Å²) in [5.74, 6) is 0.619. The van der Waals surface area contributed by atoms with Gasteiger partial charge < -0.3 is 6.15 Å². The third kappa shape index (κ3) is 2.21. The van der Waals surface area contributed by atoms with Crippen LogP contribution in [0, 0.1) is 13.8 Å². The first-order valence-corrected chi connectivity index (χ1v) is 3.90. The van der Waals surface area contributed by atoms with Crippen LogP contribution in [-0.4, -0.2) is 0 Å². The van der Waals surface area contributed by atoms with E-state index in [9.17, 15) is 0 Å². The first-order chi connectivity index (χ1) is 4.75. The van der Waals surface area contributed by atoms with Gasteiger partial charge in [0.05, 0.1) is 0 Å². The van der Waals surface area contributed by atoms with Crippen LogP contribution in [0.15, 0.2) is 18.2 Å². The van der Waals surface area contributed by atoms with E-state index in [1.165, 1.54) is 16.7 Å². The molecule has 0 fully saturated rings. The van der Waals surface area contributed by atoms with E-state index < -0.39 is 0 Å². The van der Waals surface area contributed by atoms with Crippen LogP contribution in [0.5, 0.6) is 0 Å². The summed E-state index contributed by atoms with van der Waals surface area (Å²) in [6, 6.07) is 6.21. The molecule has 1 aromatic rings. The predicted octanol–water partition coefficient (Wildman–Crippen LogP) is 3.20. The number of rotatable bonds is 1. The molecule has 0 aliphatic rings. The molecule has 3 N–H and O–H groups in total. The summed E-state index contributed by atoms with van der Waals surface area (Å²) in [6.07, 6.45) is 0. The smallest absolute Gasteiger partial charge is 0.0476 e. The Labute approximate surface area is 73.0 Å². The monoisotopic (exact) mass is 171 g/mol. The maximum Gasteiger partial charge on any atom is 0.0476 e. The molecule has 0 bridgehead atoms. The van der Waals surface area contributed by atoms with Gasteiger partial charge in [-0.1, -0.05) is 18.2 Å². The molecule has 0 atom stereocenters. The van der Waals surface area contributed by atoms with Crippen molar-refractivity contribution in [3.63, 3.8) is 0 Å². The Morgan fingerprint density at radius 1 is 1.27 bits per heavy atom. The predicted molar refractivity (Wildman–Crippen MR) is 50.5 cm³/mol. The van der Waals surface area contributed by atoms with Crippen molar-refractivity contribution in [1.29, 1.82) is 0 Å². The van der Waals surface area contributed by atoms with Gasteiger partial charge in [-0.05, 0) is 30.5 Å². The fourth-order valence-electron chi connectivity index (χ4n) is 0.957. The number of benzene rings is 1. The van der Waals surface area contributed by atoms with Gasteiger partial charge in [0.1, 0.15) is 0 Å². The van der Waals surface area contributed by atoms with Gasteiger partial charge in [-0.2, -0.15) is 0 Å². The number of alkyl halides is 1. The molecule has 1 aromatic carbocycles. The second kappa shape index (κ2) is 4.37. The van der Waals surface area contributed by atoms with Crippen molar-refractivity contribution in [1.82, 2.24) is 6.15 Å². The Morgan fingerprint density at radius 2 is 1.91 bits per heavy atom. The topological polar surface area (TPSA) is 35.0 Å². The maximum absolute atomic E-state index is 5.70. The van der Waals surface area contributed by atoms with Crippen LogP contribution in [-0.2, 0) is 5.88 Å². The zero-order chi connectivity index (χ0) is 7.56.